The maximum atomic E-state index is 14.7. The van der Waals surface area contributed by atoms with E-state index >= 15 is 0 Å². The molecule has 0 amide bonds. The molecule has 0 saturated heterocycles. The lowest BCUT2D eigenvalue weighted by Gasteiger charge is -2.14. The van der Waals surface area contributed by atoms with Crippen molar-refractivity contribution in [3.05, 3.63) is 69.6 Å². The van der Waals surface area contributed by atoms with E-state index in [2.05, 4.69) is 30.7 Å². The first-order valence-corrected chi connectivity index (χ1v) is 11.8. The van der Waals surface area contributed by atoms with Crippen LogP contribution in [0.3, 0.4) is 0 Å². The summed E-state index contributed by atoms with van der Waals surface area (Å²) in [6, 6.07) is 7.58. The Hall–Kier alpha value is -2.83. The second kappa shape index (κ2) is 8.36. The first-order valence-electron chi connectivity index (χ1n) is 8.60. The van der Waals surface area contributed by atoms with Gasteiger partial charge in [-0.25, -0.2) is 22.2 Å². The molecule has 2 aromatic heterocycles. The summed E-state index contributed by atoms with van der Waals surface area (Å²) in [7, 11) is -2.52. The fourth-order valence-electron chi connectivity index (χ4n) is 2.80. The van der Waals surface area contributed by atoms with Gasteiger partial charge in [-0.2, -0.15) is 5.10 Å². The third-order valence-corrected chi connectivity index (χ3v) is 6.78. The van der Waals surface area contributed by atoms with Crippen molar-refractivity contribution in [3.63, 3.8) is 0 Å². The van der Waals surface area contributed by atoms with Gasteiger partial charge in [-0.1, -0.05) is 0 Å². The van der Waals surface area contributed by atoms with Gasteiger partial charge < -0.3 is 4.74 Å². The lowest BCUT2D eigenvalue weighted by Crippen LogP contribution is -2.15. The van der Waals surface area contributed by atoms with E-state index in [-0.39, 0.29) is 21.8 Å². The number of hydrogen-bond donors (Lipinski definition) is 1. The molecule has 0 radical (unpaired) electrons. The Balaban J connectivity index is 1.70. The lowest BCUT2D eigenvalue weighted by atomic mass is 10.1. The Morgan fingerprint density at radius 2 is 1.97 bits per heavy atom. The number of hydrogen-bond acceptors (Lipinski definition) is 6. The van der Waals surface area contributed by atoms with Crippen LogP contribution in [-0.4, -0.2) is 23.2 Å². The van der Waals surface area contributed by atoms with Gasteiger partial charge in [0.05, 0.1) is 15.7 Å². The fourth-order valence-corrected chi connectivity index (χ4v) is 5.02. The van der Waals surface area contributed by atoms with Crippen LogP contribution in [0, 0.1) is 11.6 Å². The van der Waals surface area contributed by atoms with E-state index in [1.807, 2.05) is 0 Å². The first-order chi connectivity index (χ1) is 14.7. The summed E-state index contributed by atoms with van der Waals surface area (Å²) in [6.45, 7) is 0. The minimum Gasteiger partial charge on any atom is -0.455 e. The molecule has 2 aromatic carbocycles. The number of rotatable bonds is 6. The van der Waals surface area contributed by atoms with Crippen LogP contribution in [0.15, 0.2) is 62.9 Å². The van der Waals surface area contributed by atoms with Crippen molar-refractivity contribution < 1.29 is 21.9 Å². The van der Waals surface area contributed by atoms with Crippen LogP contribution in [0.2, 0.25) is 0 Å². The van der Waals surface area contributed by atoms with Crippen LogP contribution >= 0.6 is 27.3 Å². The second-order valence-electron chi connectivity index (χ2n) is 6.27. The molecular formula is C19H13BrF2N4O3S2. The van der Waals surface area contributed by atoms with Crippen LogP contribution < -0.4 is 9.46 Å². The molecule has 1 N–H and O–H groups in total. The molecule has 0 fully saturated rings. The number of benzene rings is 2. The second-order valence-corrected chi connectivity index (χ2v) is 9.50. The van der Waals surface area contributed by atoms with Crippen LogP contribution in [0.1, 0.15) is 0 Å². The molecule has 0 spiro atoms. The average molecular weight is 527 g/mol. The van der Waals surface area contributed by atoms with Gasteiger partial charge in [-0.3, -0.25) is 9.40 Å². The van der Waals surface area contributed by atoms with E-state index < -0.39 is 26.6 Å². The number of halogens is 3. The van der Waals surface area contributed by atoms with Gasteiger partial charge >= 0.3 is 0 Å². The molecule has 31 heavy (non-hydrogen) atoms. The minimum atomic E-state index is -4.21. The molecule has 0 aliphatic rings. The summed E-state index contributed by atoms with van der Waals surface area (Å²) in [5.41, 5.74) is 2.43. The molecule has 0 atom stereocenters. The van der Waals surface area contributed by atoms with Crippen molar-refractivity contribution in [2.75, 3.05) is 4.72 Å². The number of nitrogens with zero attached hydrogens (tertiary/aromatic N) is 3. The number of nitrogens with one attached hydrogen (secondary N) is 1. The number of ether oxygens (including phenoxy) is 1. The normalized spacial score (nSPS) is 11.5. The monoisotopic (exact) mass is 526 g/mol. The van der Waals surface area contributed by atoms with E-state index in [1.54, 1.807) is 19.3 Å². The summed E-state index contributed by atoms with van der Waals surface area (Å²) in [4.78, 5) is 3.25. The maximum Gasteiger partial charge on any atom is 0.266 e. The smallest absolute Gasteiger partial charge is 0.266 e. The Labute approximate surface area is 188 Å². The minimum absolute atomic E-state index is 0.0140. The van der Waals surface area contributed by atoms with Gasteiger partial charge in [-0.15, -0.1) is 11.3 Å². The van der Waals surface area contributed by atoms with Crippen LogP contribution in [0.25, 0.3) is 11.3 Å². The summed E-state index contributed by atoms with van der Waals surface area (Å²) >= 11 is 4.42. The van der Waals surface area contributed by atoms with Gasteiger partial charge in [0, 0.05) is 30.3 Å². The summed E-state index contributed by atoms with van der Waals surface area (Å²) < 4.78 is 63.4. The van der Waals surface area contributed by atoms with Gasteiger partial charge in [0.25, 0.3) is 10.0 Å². The van der Waals surface area contributed by atoms with E-state index in [9.17, 15) is 17.2 Å². The molecule has 12 heteroatoms. The lowest BCUT2D eigenvalue weighted by molar-refractivity contribution is 0.469. The summed E-state index contributed by atoms with van der Waals surface area (Å²) in [5.74, 6) is -1.16. The zero-order valence-corrected chi connectivity index (χ0v) is 18.9. The quantitative estimate of drug-likeness (QED) is 0.374. The molecule has 4 rings (SSSR count). The third kappa shape index (κ3) is 4.45. The van der Waals surface area contributed by atoms with Gasteiger partial charge in [-0.05, 0) is 46.3 Å². The van der Waals surface area contributed by atoms with Gasteiger partial charge in [0.1, 0.15) is 28.0 Å². The van der Waals surface area contributed by atoms with Gasteiger partial charge in [0.2, 0.25) is 0 Å². The molecule has 160 valence electrons. The zero-order valence-electron chi connectivity index (χ0n) is 15.7. The van der Waals surface area contributed by atoms with Crippen molar-refractivity contribution in [1.29, 1.82) is 0 Å². The van der Waals surface area contributed by atoms with Crippen molar-refractivity contribution in [2.45, 2.75) is 4.90 Å². The van der Waals surface area contributed by atoms with E-state index in [1.165, 1.54) is 45.1 Å². The molecular weight excluding hydrogens is 514 g/mol. The van der Waals surface area contributed by atoms with Crippen molar-refractivity contribution >= 4 is 43.1 Å². The van der Waals surface area contributed by atoms with Gasteiger partial charge in [0.15, 0.2) is 5.82 Å². The van der Waals surface area contributed by atoms with Crippen molar-refractivity contribution in [3.8, 4) is 22.8 Å². The molecule has 7 nitrogen and oxygen atoms in total. The first kappa shape index (κ1) is 21.4. The van der Waals surface area contributed by atoms with E-state index in [0.717, 1.165) is 12.1 Å². The van der Waals surface area contributed by atoms with Crippen LogP contribution in [-0.2, 0) is 17.1 Å². The molecule has 0 aliphatic heterocycles. The fraction of sp³-hybridized carbons (Fsp3) is 0.0526. The van der Waals surface area contributed by atoms with Crippen molar-refractivity contribution in [1.82, 2.24) is 14.8 Å². The Kier molecular flexibility index (Phi) is 5.77. The van der Waals surface area contributed by atoms with Crippen LogP contribution in [0.4, 0.5) is 14.6 Å². The Morgan fingerprint density at radius 3 is 2.65 bits per heavy atom. The molecule has 0 saturated carbocycles. The van der Waals surface area contributed by atoms with E-state index in [0.29, 0.717) is 11.3 Å². The number of thiazole rings is 1. The summed E-state index contributed by atoms with van der Waals surface area (Å²) in [6.07, 6.45) is 1.55. The number of anilines is 1. The topological polar surface area (TPSA) is 86.1 Å². The van der Waals surface area contributed by atoms with E-state index in [4.69, 9.17) is 4.74 Å². The highest BCUT2D eigenvalue weighted by Crippen LogP contribution is 2.38. The largest absolute Gasteiger partial charge is 0.455 e. The predicted molar refractivity (Wildman–Crippen MR) is 116 cm³/mol. The number of aryl methyl sites for hydroxylation is 1. The van der Waals surface area contributed by atoms with Crippen molar-refractivity contribution in [2.24, 2.45) is 7.05 Å². The number of sulfonamides is 1. The third-order valence-electron chi connectivity index (χ3n) is 4.21. The zero-order chi connectivity index (χ0) is 22.2. The summed E-state index contributed by atoms with van der Waals surface area (Å²) in [5, 5.41) is 5.55. The maximum absolute atomic E-state index is 14.7. The predicted octanol–water partition coefficient (Wildman–Crippen LogP) is 5.18. The standard InChI is InChI=1S/C19H13BrF2N4O3S2/c1-26-15(4-5-24-26)12-6-11(21)2-3-16(12)29-17-8-14(22)18(7-13(17)20)31(27,28)25-19-9-30-10-23-19/h2-10,25H,1H3. The highest BCUT2D eigenvalue weighted by molar-refractivity contribution is 9.10. The molecule has 0 unspecified atom stereocenters. The highest BCUT2D eigenvalue weighted by Gasteiger charge is 2.23. The molecule has 0 bridgehead atoms. The number of aromatic nitrogens is 3. The highest BCUT2D eigenvalue weighted by atomic mass is 79.9. The SMILES string of the molecule is Cn1nccc1-c1cc(F)ccc1Oc1cc(F)c(S(=O)(=O)Nc2cscn2)cc1Br. The van der Waals surface area contributed by atoms with Crippen LogP contribution in [0.5, 0.6) is 11.5 Å². The molecule has 0 aliphatic carbocycles. The average Bonchev–Trinajstić information content (AvgIpc) is 3.36. The molecule has 4 aromatic rings. The Morgan fingerprint density at radius 1 is 1.16 bits per heavy atom. The molecule has 2 heterocycles. The Bertz CT molecular complexity index is 1360.